The summed E-state index contributed by atoms with van der Waals surface area (Å²) in [5.41, 5.74) is 1.48. The number of rotatable bonds is 4. The lowest BCUT2D eigenvalue weighted by Crippen LogP contribution is -2.34. The van der Waals surface area contributed by atoms with Gasteiger partial charge in [-0.1, -0.05) is 30.3 Å². The quantitative estimate of drug-likeness (QED) is 0.873. The summed E-state index contributed by atoms with van der Waals surface area (Å²) in [4.78, 5) is 2.71. The van der Waals surface area contributed by atoms with Crippen molar-refractivity contribution < 1.29 is 0 Å². The molecule has 1 aromatic carbocycles. The van der Waals surface area contributed by atoms with Crippen LogP contribution in [0.2, 0.25) is 0 Å². The molecule has 2 nitrogen and oxygen atoms in total. The van der Waals surface area contributed by atoms with E-state index in [1.807, 2.05) is 0 Å². The van der Waals surface area contributed by atoms with Crippen LogP contribution in [0.1, 0.15) is 18.9 Å². The molecule has 0 aliphatic carbocycles. The van der Waals surface area contributed by atoms with Gasteiger partial charge in [-0.05, 0) is 56.8 Å². The summed E-state index contributed by atoms with van der Waals surface area (Å²) in [6.45, 7) is 7.47. The van der Waals surface area contributed by atoms with E-state index >= 15 is 0 Å². The molecule has 1 N–H and O–H groups in total. The highest BCUT2D eigenvalue weighted by Gasteiger charge is 2.41. The van der Waals surface area contributed by atoms with Crippen molar-refractivity contribution >= 4 is 0 Å². The number of aryl methyl sites for hydroxylation is 1. The van der Waals surface area contributed by atoms with Crippen LogP contribution in [0.15, 0.2) is 30.3 Å². The molecule has 0 radical (unpaired) electrons. The SMILES string of the molecule is CC1C2CNCC2CN1CCCc1ccccc1. The van der Waals surface area contributed by atoms with Crippen molar-refractivity contribution in [2.75, 3.05) is 26.2 Å². The van der Waals surface area contributed by atoms with E-state index in [9.17, 15) is 0 Å². The molecule has 2 fully saturated rings. The van der Waals surface area contributed by atoms with E-state index in [4.69, 9.17) is 0 Å². The van der Waals surface area contributed by atoms with Gasteiger partial charge in [0.1, 0.15) is 0 Å². The first-order chi connectivity index (χ1) is 8.84. The zero-order valence-electron chi connectivity index (χ0n) is 11.3. The number of nitrogens with zero attached hydrogens (tertiary/aromatic N) is 1. The maximum Gasteiger partial charge on any atom is 0.0111 e. The number of benzene rings is 1. The van der Waals surface area contributed by atoms with E-state index in [0.717, 1.165) is 17.9 Å². The Hall–Kier alpha value is -0.860. The second-order valence-corrected chi connectivity index (χ2v) is 5.91. The molecular formula is C16H24N2. The number of hydrogen-bond acceptors (Lipinski definition) is 2. The molecule has 2 heterocycles. The Kier molecular flexibility index (Phi) is 3.67. The molecular weight excluding hydrogens is 220 g/mol. The normalized spacial score (nSPS) is 31.7. The molecule has 1 aromatic rings. The summed E-state index contributed by atoms with van der Waals surface area (Å²) in [7, 11) is 0. The van der Waals surface area contributed by atoms with E-state index in [1.165, 1.54) is 44.6 Å². The average molecular weight is 244 g/mol. The molecule has 18 heavy (non-hydrogen) atoms. The van der Waals surface area contributed by atoms with Crippen molar-refractivity contribution in [3.8, 4) is 0 Å². The predicted octanol–water partition coefficient (Wildman–Crippen LogP) is 2.16. The van der Waals surface area contributed by atoms with Crippen LogP contribution in [0, 0.1) is 11.8 Å². The van der Waals surface area contributed by atoms with E-state index < -0.39 is 0 Å². The van der Waals surface area contributed by atoms with Crippen LogP contribution in [-0.4, -0.2) is 37.1 Å². The Morgan fingerprint density at radius 1 is 1.22 bits per heavy atom. The molecule has 3 rings (SSSR count). The zero-order chi connectivity index (χ0) is 12.4. The summed E-state index contributed by atoms with van der Waals surface area (Å²) in [6, 6.07) is 11.6. The molecule has 2 aliphatic rings. The summed E-state index contributed by atoms with van der Waals surface area (Å²) in [5.74, 6) is 1.82. The van der Waals surface area contributed by atoms with Crippen LogP contribution >= 0.6 is 0 Å². The summed E-state index contributed by atoms with van der Waals surface area (Å²) < 4.78 is 0. The molecule has 0 bridgehead atoms. The minimum absolute atomic E-state index is 0.778. The maximum atomic E-state index is 3.53. The lowest BCUT2D eigenvalue weighted by molar-refractivity contribution is 0.237. The highest BCUT2D eigenvalue weighted by Crippen LogP contribution is 2.32. The third-order valence-corrected chi connectivity index (χ3v) is 4.81. The molecule has 3 unspecified atom stereocenters. The number of fused-ring (bicyclic) bond motifs is 1. The third kappa shape index (κ3) is 2.45. The molecule has 2 aliphatic heterocycles. The lowest BCUT2D eigenvalue weighted by atomic mass is 9.95. The lowest BCUT2D eigenvalue weighted by Gasteiger charge is -2.24. The Bertz CT molecular complexity index is 376. The minimum Gasteiger partial charge on any atom is -0.316 e. The highest BCUT2D eigenvalue weighted by atomic mass is 15.2. The van der Waals surface area contributed by atoms with Crippen LogP contribution in [0.3, 0.4) is 0 Å². The van der Waals surface area contributed by atoms with Crippen LogP contribution in [0.25, 0.3) is 0 Å². The Labute approximate surface area is 110 Å². The fourth-order valence-electron chi connectivity index (χ4n) is 3.68. The van der Waals surface area contributed by atoms with Gasteiger partial charge in [0.15, 0.2) is 0 Å². The van der Waals surface area contributed by atoms with Crippen molar-refractivity contribution in [3.63, 3.8) is 0 Å². The zero-order valence-corrected chi connectivity index (χ0v) is 11.3. The third-order valence-electron chi connectivity index (χ3n) is 4.81. The monoisotopic (exact) mass is 244 g/mol. The molecule has 0 amide bonds. The first-order valence-electron chi connectivity index (χ1n) is 7.33. The Balaban J connectivity index is 1.47. The van der Waals surface area contributed by atoms with Gasteiger partial charge >= 0.3 is 0 Å². The van der Waals surface area contributed by atoms with E-state index in [2.05, 4.69) is 47.5 Å². The van der Waals surface area contributed by atoms with Gasteiger partial charge in [-0.2, -0.15) is 0 Å². The van der Waals surface area contributed by atoms with Crippen LogP contribution < -0.4 is 5.32 Å². The maximum absolute atomic E-state index is 3.53. The van der Waals surface area contributed by atoms with Crippen LogP contribution in [0.4, 0.5) is 0 Å². The van der Waals surface area contributed by atoms with Gasteiger partial charge in [-0.25, -0.2) is 0 Å². The fraction of sp³-hybridized carbons (Fsp3) is 0.625. The van der Waals surface area contributed by atoms with Crippen LogP contribution in [-0.2, 0) is 6.42 Å². The number of likely N-dealkylation sites (tertiary alicyclic amines) is 1. The highest BCUT2D eigenvalue weighted by molar-refractivity contribution is 5.14. The summed E-state index contributed by atoms with van der Waals surface area (Å²) in [5, 5.41) is 3.53. The second-order valence-electron chi connectivity index (χ2n) is 5.91. The van der Waals surface area contributed by atoms with Gasteiger partial charge in [-0.15, -0.1) is 0 Å². The smallest absolute Gasteiger partial charge is 0.0111 e. The molecule has 3 atom stereocenters. The first kappa shape index (κ1) is 12.2. The van der Waals surface area contributed by atoms with Gasteiger partial charge in [0.25, 0.3) is 0 Å². The largest absolute Gasteiger partial charge is 0.316 e. The second kappa shape index (κ2) is 5.41. The number of nitrogens with one attached hydrogen (secondary N) is 1. The topological polar surface area (TPSA) is 15.3 Å². The predicted molar refractivity (Wildman–Crippen MR) is 75.6 cm³/mol. The van der Waals surface area contributed by atoms with Crippen molar-refractivity contribution in [1.29, 1.82) is 0 Å². The molecule has 0 aromatic heterocycles. The average Bonchev–Trinajstić information content (AvgIpc) is 2.96. The minimum atomic E-state index is 0.778. The molecule has 98 valence electrons. The van der Waals surface area contributed by atoms with Gasteiger partial charge in [0.05, 0.1) is 0 Å². The van der Waals surface area contributed by atoms with Crippen molar-refractivity contribution in [3.05, 3.63) is 35.9 Å². The van der Waals surface area contributed by atoms with Crippen molar-refractivity contribution in [2.45, 2.75) is 25.8 Å². The molecule has 0 saturated carbocycles. The fourth-order valence-corrected chi connectivity index (χ4v) is 3.68. The molecule has 0 spiro atoms. The van der Waals surface area contributed by atoms with Gasteiger partial charge < -0.3 is 5.32 Å². The van der Waals surface area contributed by atoms with Crippen LogP contribution in [0.5, 0.6) is 0 Å². The first-order valence-corrected chi connectivity index (χ1v) is 7.33. The summed E-state index contributed by atoms with van der Waals surface area (Å²) >= 11 is 0. The standard InChI is InChI=1S/C16H24N2/c1-13-16-11-17-10-15(16)12-18(13)9-5-8-14-6-3-2-4-7-14/h2-4,6-7,13,15-17H,5,8-12H2,1H3. The number of hydrogen-bond donors (Lipinski definition) is 1. The van der Waals surface area contributed by atoms with E-state index in [-0.39, 0.29) is 0 Å². The molecule has 2 saturated heterocycles. The van der Waals surface area contributed by atoms with E-state index in [1.54, 1.807) is 0 Å². The molecule has 2 heteroatoms. The van der Waals surface area contributed by atoms with Crippen molar-refractivity contribution in [2.24, 2.45) is 11.8 Å². The van der Waals surface area contributed by atoms with Gasteiger partial charge in [-0.3, -0.25) is 4.90 Å². The van der Waals surface area contributed by atoms with Gasteiger partial charge in [0, 0.05) is 12.6 Å². The Morgan fingerprint density at radius 2 is 2.06 bits per heavy atom. The van der Waals surface area contributed by atoms with Crippen molar-refractivity contribution in [1.82, 2.24) is 10.2 Å². The van der Waals surface area contributed by atoms with Gasteiger partial charge in [0.2, 0.25) is 0 Å². The Morgan fingerprint density at radius 3 is 2.83 bits per heavy atom. The van der Waals surface area contributed by atoms with E-state index in [0.29, 0.717) is 0 Å². The summed E-state index contributed by atoms with van der Waals surface area (Å²) in [6.07, 6.45) is 2.51.